The molecule has 2 N–H and O–H groups in total. The summed E-state index contributed by atoms with van der Waals surface area (Å²) in [7, 11) is -3.49. The van der Waals surface area contributed by atoms with Crippen molar-refractivity contribution in [3.05, 3.63) is 65.7 Å². The summed E-state index contributed by atoms with van der Waals surface area (Å²) in [6.07, 6.45) is 0.887. The monoisotopic (exact) mass is 344 g/mol. The van der Waals surface area contributed by atoms with Crippen LogP contribution < -0.4 is 10.6 Å². The first-order valence-corrected chi connectivity index (χ1v) is 9.58. The van der Waals surface area contributed by atoms with Gasteiger partial charge in [-0.15, -0.1) is 0 Å². The largest absolute Gasteiger partial charge is 0.348 e. The van der Waals surface area contributed by atoms with Crippen molar-refractivity contribution in [1.82, 2.24) is 10.6 Å². The van der Waals surface area contributed by atoms with Gasteiger partial charge in [-0.05, 0) is 36.7 Å². The van der Waals surface area contributed by atoms with Crippen molar-refractivity contribution in [1.29, 1.82) is 0 Å². The summed E-state index contributed by atoms with van der Waals surface area (Å²) in [6.45, 7) is 1.63. The summed E-state index contributed by atoms with van der Waals surface area (Å²) < 4.78 is 25.2. The molecule has 2 aromatic rings. The number of nitrogens with one attached hydrogen (secondary N) is 2. The lowest BCUT2D eigenvalue weighted by Gasteiger charge is -2.12. The SMILES string of the molecule is O=C(NC1CCNC1)c1cccc(S(=O)(=O)Cc2ccccc2)c1. The van der Waals surface area contributed by atoms with Gasteiger partial charge in [-0.2, -0.15) is 0 Å². The van der Waals surface area contributed by atoms with Crippen LogP contribution in [0.5, 0.6) is 0 Å². The topological polar surface area (TPSA) is 75.3 Å². The molecule has 0 aromatic heterocycles. The van der Waals surface area contributed by atoms with E-state index in [0.717, 1.165) is 25.1 Å². The molecule has 0 spiro atoms. The molecule has 126 valence electrons. The third-order valence-corrected chi connectivity index (χ3v) is 5.74. The molecule has 1 fully saturated rings. The van der Waals surface area contributed by atoms with E-state index in [1.807, 2.05) is 18.2 Å². The lowest BCUT2D eigenvalue weighted by molar-refractivity contribution is 0.0940. The van der Waals surface area contributed by atoms with Gasteiger partial charge in [0.15, 0.2) is 9.84 Å². The average Bonchev–Trinajstić information content (AvgIpc) is 3.08. The van der Waals surface area contributed by atoms with Crippen LogP contribution in [-0.2, 0) is 15.6 Å². The molecule has 1 heterocycles. The van der Waals surface area contributed by atoms with E-state index in [2.05, 4.69) is 10.6 Å². The van der Waals surface area contributed by atoms with E-state index in [1.54, 1.807) is 24.3 Å². The Balaban J connectivity index is 1.77. The summed E-state index contributed by atoms with van der Waals surface area (Å²) in [5.74, 6) is -0.314. The van der Waals surface area contributed by atoms with E-state index < -0.39 is 9.84 Å². The number of hydrogen-bond acceptors (Lipinski definition) is 4. The van der Waals surface area contributed by atoms with Gasteiger partial charge in [-0.25, -0.2) is 8.42 Å². The molecular weight excluding hydrogens is 324 g/mol. The minimum Gasteiger partial charge on any atom is -0.348 e. The Hall–Kier alpha value is -2.18. The standard InChI is InChI=1S/C18H20N2O3S/c21-18(20-16-9-10-19-12-16)15-7-4-8-17(11-15)24(22,23)13-14-5-2-1-3-6-14/h1-8,11,16,19H,9-10,12-13H2,(H,20,21). The summed E-state index contributed by atoms with van der Waals surface area (Å²) >= 11 is 0. The van der Waals surface area contributed by atoms with Crippen LogP contribution in [0, 0.1) is 0 Å². The molecule has 1 unspecified atom stereocenters. The highest BCUT2D eigenvalue weighted by Gasteiger charge is 2.20. The van der Waals surface area contributed by atoms with Crippen molar-refractivity contribution in [2.45, 2.75) is 23.1 Å². The number of amides is 1. The maximum Gasteiger partial charge on any atom is 0.251 e. The van der Waals surface area contributed by atoms with E-state index in [0.29, 0.717) is 5.56 Å². The molecule has 0 bridgehead atoms. The Kier molecular flexibility index (Phi) is 4.97. The third-order valence-electron chi connectivity index (χ3n) is 4.05. The quantitative estimate of drug-likeness (QED) is 0.867. The molecule has 0 saturated carbocycles. The molecule has 5 nitrogen and oxygen atoms in total. The molecule has 1 aliphatic rings. The maximum absolute atomic E-state index is 12.6. The van der Waals surface area contributed by atoms with E-state index in [-0.39, 0.29) is 22.6 Å². The first-order chi connectivity index (χ1) is 11.5. The van der Waals surface area contributed by atoms with Crippen molar-refractivity contribution in [3.8, 4) is 0 Å². The van der Waals surface area contributed by atoms with Gasteiger partial charge in [0, 0.05) is 18.2 Å². The molecule has 1 amide bonds. The zero-order valence-corrected chi connectivity index (χ0v) is 14.1. The summed E-state index contributed by atoms with van der Waals surface area (Å²) in [5.41, 5.74) is 1.10. The van der Waals surface area contributed by atoms with Crippen LogP contribution in [0.15, 0.2) is 59.5 Å². The Bertz CT molecular complexity index is 813. The van der Waals surface area contributed by atoms with Gasteiger partial charge < -0.3 is 10.6 Å². The number of carbonyl (C=O) groups is 1. The third kappa shape index (κ3) is 4.01. The number of hydrogen-bond donors (Lipinski definition) is 2. The predicted octanol–water partition coefficient (Wildman–Crippen LogP) is 1.75. The molecule has 2 aromatic carbocycles. The molecule has 1 saturated heterocycles. The van der Waals surface area contributed by atoms with Crippen LogP contribution in [0.2, 0.25) is 0 Å². The Labute approximate surface area is 142 Å². The molecule has 0 aliphatic carbocycles. The normalized spacial score (nSPS) is 17.6. The first kappa shape index (κ1) is 16.7. The molecular formula is C18H20N2O3S. The highest BCUT2D eigenvalue weighted by atomic mass is 32.2. The van der Waals surface area contributed by atoms with Crippen LogP contribution in [0.1, 0.15) is 22.3 Å². The summed E-state index contributed by atoms with van der Waals surface area (Å²) in [5, 5.41) is 6.11. The van der Waals surface area contributed by atoms with E-state index in [1.165, 1.54) is 12.1 Å². The second-order valence-electron chi connectivity index (χ2n) is 5.94. The van der Waals surface area contributed by atoms with Gasteiger partial charge in [0.25, 0.3) is 5.91 Å². The predicted molar refractivity (Wildman–Crippen MR) is 92.5 cm³/mol. The zero-order chi connectivity index (χ0) is 17.0. The number of rotatable bonds is 5. The molecule has 1 atom stereocenters. The van der Waals surface area contributed by atoms with Crippen LogP contribution in [0.3, 0.4) is 0 Å². The highest BCUT2D eigenvalue weighted by Crippen LogP contribution is 2.18. The fourth-order valence-electron chi connectivity index (χ4n) is 2.75. The van der Waals surface area contributed by atoms with Gasteiger partial charge >= 0.3 is 0 Å². The lowest BCUT2D eigenvalue weighted by Crippen LogP contribution is -2.36. The summed E-state index contributed by atoms with van der Waals surface area (Å²) in [6, 6.07) is 15.4. The van der Waals surface area contributed by atoms with Crippen LogP contribution in [0.4, 0.5) is 0 Å². The maximum atomic E-state index is 12.6. The van der Waals surface area contributed by atoms with Crippen LogP contribution in [-0.4, -0.2) is 33.5 Å². The van der Waals surface area contributed by atoms with Crippen molar-refractivity contribution in [3.63, 3.8) is 0 Å². The molecule has 0 radical (unpaired) electrons. The highest BCUT2D eigenvalue weighted by molar-refractivity contribution is 7.90. The Morgan fingerprint density at radius 1 is 1.12 bits per heavy atom. The second-order valence-corrected chi connectivity index (χ2v) is 7.93. The van der Waals surface area contributed by atoms with E-state index in [4.69, 9.17) is 0 Å². The Morgan fingerprint density at radius 3 is 2.62 bits per heavy atom. The van der Waals surface area contributed by atoms with Gasteiger partial charge in [-0.3, -0.25) is 4.79 Å². The fourth-order valence-corrected chi connectivity index (χ4v) is 4.14. The zero-order valence-electron chi connectivity index (χ0n) is 13.2. The fraction of sp³-hybridized carbons (Fsp3) is 0.278. The van der Waals surface area contributed by atoms with Crippen molar-refractivity contribution in [2.75, 3.05) is 13.1 Å². The summed E-state index contributed by atoms with van der Waals surface area (Å²) in [4.78, 5) is 12.5. The van der Waals surface area contributed by atoms with Crippen molar-refractivity contribution < 1.29 is 13.2 Å². The van der Waals surface area contributed by atoms with Crippen molar-refractivity contribution >= 4 is 15.7 Å². The minimum absolute atomic E-state index is 0.0779. The van der Waals surface area contributed by atoms with Gasteiger partial charge in [-0.1, -0.05) is 36.4 Å². The van der Waals surface area contributed by atoms with E-state index in [9.17, 15) is 13.2 Å². The number of carbonyl (C=O) groups excluding carboxylic acids is 1. The Morgan fingerprint density at radius 2 is 1.92 bits per heavy atom. The smallest absolute Gasteiger partial charge is 0.251 e. The molecule has 6 heteroatoms. The van der Waals surface area contributed by atoms with Crippen LogP contribution in [0.25, 0.3) is 0 Å². The van der Waals surface area contributed by atoms with E-state index >= 15 is 0 Å². The lowest BCUT2D eigenvalue weighted by atomic mass is 10.2. The number of benzene rings is 2. The second kappa shape index (κ2) is 7.15. The van der Waals surface area contributed by atoms with Crippen molar-refractivity contribution in [2.24, 2.45) is 0 Å². The minimum atomic E-state index is -3.49. The number of sulfone groups is 1. The molecule has 1 aliphatic heterocycles. The van der Waals surface area contributed by atoms with Crippen LogP contribution >= 0.6 is 0 Å². The average molecular weight is 344 g/mol. The molecule has 3 rings (SSSR count). The van der Waals surface area contributed by atoms with Gasteiger partial charge in [0.2, 0.25) is 0 Å². The van der Waals surface area contributed by atoms with Gasteiger partial charge in [0.05, 0.1) is 10.6 Å². The van der Waals surface area contributed by atoms with Gasteiger partial charge in [0.1, 0.15) is 0 Å². The first-order valence-electron chi connectivity index (χ1n) is 7.93. The molecule has 24 heavy (non-hydrogen) atoms.